The molecule has 0 amide bonds. The molecule has 17 heavy (non-hydrogen) atoms. The van der Waals surface area contributed by atoms with Gasteiger partial charge >= 0.3 is 0 Å². The van der Waals surface area contributed by atoms with Crippen molar-refractivity contribution >= 4 is 0 Å². The molecular formula is C15H23NO. The number of ether oxygens (including phenoxy) is 1. The molecule has 2 nitrogen and oxygen atoms in total. The largest absolute Gasteiger partial charge is 0.494 e. The quantitative estimate of drug-likeness (QED) is 0.660. The van der Waals surface area contributed by atoms with Gasteiger partial charge in [-0.05, 0) is 37.9 Å². The third-order valence-electron chi connectivity index (χ3n) is 2.69. The van der Waals surface area contributed by atoms with Crippen molar-refractivity contribution in [1.82, 2.24) is 5.32 Å². The van der Waals surface area contributed by atoms with Crippen LogP contribution in [0.4, 0.5) is 0 Å². The van der Waals surface area contributed by atoms with Crippen LogP contribution >= 0.6 is 0 Å². The van der Waals surface area contributed by atoms with Crippen LogP contribution < -0.4 is 10.1 Å². The first-order valence-electron chi connectivity index (χ1n) is 6.39. The van der Waals surface area contributed by atoms with Crippen molar-refractivity contribution in [1.29, 1.82) is 0 Å². The van der Waals surface area contributed by atoms with Crippen molar-refractivity contribution in [3.05, 3.63) is 43.0 Å². The summed E-state index contributed by atoms with van der Waals surface area (Å²) < 4.78 is 5.70. The first kappa shape index (κ1) is 13.8. The van der Waals surface area contributed by atoms with Crippen LogP contribution in [0.15, 0.2) is 43.0 Å². The number of para-hydroxylation sites is 1. The number of hydrogen-bond donors (Lipinski definition) is 1. The van der Waals surface area contributed by atoms with Crippen LogP contribution in [0.5, 0.6) is 5.75 Å². The van der Waals surface area contributed by atoms with Crippen molar-refractivity contribution in [2.24, 2.45) is 0 Å². The molecule has 0 radical (unpaired) electrons. The minimum Gasteiger partial charge on any atom is -0.494 e. The predicted octanol–water partition coefficient (Wildman–Crippen LogP) is 3.40. The van der Waals surface area contributed by atoms with Gasteiger partial charge in [0.25, 0.3) is 0 Å². The van der Waals surface area contributed by atoms with E-state index in [2.05, 4.69) is 18.8 Å². The van der Waals surface area contributed by atoms with Crippen molar-refractivity contribution in [2.45, 2.75) is 32.2 Å². The summed E-state index contributed by atoms with van der Waals surface area (Å²) in [6, 6.07) is 10.5. The van der Waals surface area contributed by atoms with E-state index in [4.69, 9.17) is 4.74 Å². The molecule has 0 aliphatic carbocycles. The highest BCUT2D eigenvalue weighted by atomic mass is 16.5. The molecule has 0 saturated heterocycles. The molecule has 0 fully saturated rings. The average Bonchev–Trinajstić information content (AvgIpc) is 2.37. The number of benzene rings is 1. The number of allylic oxidation sites excluding steroid dienone is 1. The fourth-order valence-corrected chi connectivity index (χ4v) is 1.79. The minimum absolute atomic E-state index is 0.529. The van der Waals surface area contributed by atoms with Crippen LogP contribution in [-0.4, -0.2) is 19.2 Å². The molecule has 0 saturated carbocycles. The maximum Gasteiger partial charge on any atom is 0.119 e. The average molecular weight is 233 g/mol. The topological polar surface area (TPSA) is 21.3 Å². The van der Waals surface area contributed by atoms with Crippen LogP contribution in [0, 0.1) is 0 Å². The Morgan fingerprint density at radius 1 is 1.29 bits per heavy atom. The second kappa shape index (κ2) is 8.82. The molecule has 1 unspecified atom stereocenters. The van der Waals surface area contributed by atoms with Gasteiger partial charge in [0.2, 0.25) is 0 Å². The van der Waals surface area contributed by atoms with Gasteiger partial charge in [-0.2, -0.15) is 0 Å². The molecule has 0 spiro atoms. The Balaban J connectivity index is 2.24. The fourth-order valence-electron chi connectivity index (χ4n) is 1.79. The van der Waals surface area contributed by atoms with Crippen molar-refractivity contribution in [2.75, 3.05) is 13.2 Å². The Morgan fingerprint density at radius 3 is 2.71 bits per heavy atom. The summed E-state index contributed by atoms with van der Waals surface area (Å²) in [6.45, 7) is 7.67. The van der Waals surface area contributed by atoms with E-state index in [0.29, 0.717) is 6.04 Å². The van der Waals surface area contributed by atoms with Crippen molar-refractivity contribution < 1.29 is 4.74 Å². The molecule has 0 aliphatic heterocycles. The van der Waals surface area contributed by atoms with Crippen molar-refractivity contribution in [3.63, 3.8) is 0 Å². The molecule has 1 atom stereocenters. The van der Waals surface area contributed by atoms with E-state index in [9.17, 15) is 0 Å². The normalized spacial score (nSPS) is 12.1. The first-order valence-corrected chi connectivity index (χ1v) is 6.39. The van der Waals surface area contributed by atoms with Gasteiger partial charge in [-0.25, -0.2) is 0 Å². The summed E-state index contributed by atoms with van der Waals surface area (Å²) in [5, 5.41) is 3.48. The van der Waals surface area contributed by atoms with E-state index in [1.807, 2.05) is 36.4 Å². The molecule has 2 heteroatoms. The second-order valence-corrected chi connectivity index (χ2v) is 4.07. The lowest BCUT2D eigenvalue weighted by Crippen LogP contribution is -2.30. The van der Waals surface area contributed by atoms with E-state index in [1.165, 1.54) is 0 Å². The highest BCUT2D eigenvalue weighted by Crippen LogP contribution is 2.10. The highest BCUT2D eigenvalue weighted by Gasteiger charge is 2.06. The molecule has 1 aromatic rings. The minimum atomic E-state index is 0.529. The summed E-state index contributed by atoms with van der Waals surface area (Å²) in [4.78, 5) is 0. The summed E-state index contributed by atoms with van der Waals surface area (Å²) in [5.74, 6) is 0.950. The lowest BCUT2D eigenvalue weighted by molar-refractivity contribution is 0.282. The van der Waals surface area contributed by atoms with E-state index in [1.54, 1.807) is 0 Å². The first-order chi connectivity index (χ1) is 8.36. The zero-order valence-electron chi connectivity index (χ0n) is 10.7. The van der Waals surface area contributed by atoms with Gasteiger partial charge in [0.1, 0.15) is 5.75 Å². The smallest absolute Gasteiger partial charge is 0.119 e. The van der Waals surface area contributed by atoms with Crippen molar-refractivity contribution in [3.8, 4) is 5.75 Å². The van der Waals surface area contributed by atoms with Gasteiger partial charge in [0.05, 0.1) is 6.61 Å². The molecule has 1 N–H and O–H groups in total. The Kier molecular flexibility index (Phi) is 7.15. The molecule has 1 aromatic carbocycles. The highest BCUT2D eigenvalue weighted by molar-refractivity contribution is 5.20. The van der Waals surface area contributed by atoms with Gasteiger partial charge in [-0.1, -0.05) is 31.2 Å². The number of nitrogens with one attached hydrogen (secondary N) is 1. The van der Waals surface area contributed by atoms with Crippen LogP contribution in [0.25, 0.3) is 0 Å². The van der Waals surface area contributed by atoms with Gasteiger partial charge in [0, 0.05) is 6.04 Å². The van der Waals surface area contributed by atoms with Crippen LogP contribution in [0.2, 0.25) is 0 Å². The lowest BCUT2D eigenvalue weighted by atomic mass is 10.1. The maximum absolute atomic E-state index is 5.70. The zero-order valence-corrected chi connectivity index (χ0v) is 10.7. The number of hydrogen-bond acceptors (Lipinski definition) is 2. The SMILES string of the molecule is C=CCCC(CCOc1ccccc1)NCC. The molecule has 0 heterocycles. The summed E-state index contributed by atoms with van der Waals surface area (Å²) >= 11 is 0. The third kappa shape index (κ3) is 6.12. The molecule has 0 aliphatic rings. The fraction of sp³-hybridized carbons (Fsp3) is 0.467. The predicted molar refractivity (Wildman–Crippen MR) is 73.4 cm³/mol. The summed E-state index contributed by atoms with van der Waals surface area (Å²) in [7, 11) is 0. The lowest BCUT2D eigenvalue weighted by Gasteiger charge is -2.17. The van der Waals surface area contributed by atoms with Gasteiger partial charge in [-0.3, -0.25) is 0 Å². The Labute approximate surface area is 105 Å². The monoisotopic (exact) mass is 233 g/mol. The van der Waals surface area contributed by atoms with E-state index < -0.39 is 0 Å². The van der Waals surface area contributed by atoms with Crippen LogP contribution in [0.1, 0.15) is 26.2 Å². The maximum atomic E-state index is 5.70. The Bertz CT molecular complexity index is 297. The second-order valence-electron chi connectivity index (χ2n) is 4.07. The van der Waals surface area contributed by atoms with E-state index in [-0.39, 0.29) is 0 Å². The molecule has 94 valence electrons. The van der Waals surface area contributed by atoms with E-state index in [0.717, 1.165) is 38.2 Å². The van der Waals surface area contributed by atoms with E-state index >= 15 is 0 Å². The summed E-state index contributed by atoms with van der Waals surface area (Å²) in [6.07, 6.45) is 5.21. The number of rotatable bonds is 9. The molecule has 0 bridgehead atoms. The van der Waals surface area contributed by atoms with Gasteiger partial charge in [-0.15, -0.1) is 6.58 Å². The Hall–Kier alpha value is -1.28. The van der Waals surface area contributed by atoms with Gasteiger partial charge < -0.3 is 10.1 Å². The van der Waals surface area contributed by atoms with Gasteiger partial charge in [0.15, 0.2) is 0 Å². The Morgan fingerprint density at radius 2 is 2.06 bits per heavy atom. The molecule has 1 rings (SSSR count). The zero-order chi connectivity index (χ0) is 12.3. The van der Waals surface area contributed by atoms with Crippen LogP contribution in [0.3, 0.4) is 0 Å². The molecular weight excluding hydrogens is 210 g/mol. The summed E-state index contributed by atoms with van der Waals surface area (Å²) in [5.41, 5.74) is 0. The standard InChI is InChI=1S/C15H23NO/c1-3-5-9-14(16-4-2)12-13-17-15-10-7-6-8-11-15/h3,6-8,10-11,14,16H,1,4-5,9,12-13H2,2H3. The molecule has 0 aromatic heterocycles. The third-order valence-corrected chi connectivity index (χ3v) is 2.69. The van der Waals surface area contributed by atoms with Crippen LogP contribution in [-0.2, 0) is 0 Å².